The number of carbonyl (C=O) groups excluding carboxylic acids is 1. The monoisotopic (exact) mass is 302 g/mol. The minimum atomic E-state index is 0.0647. The van der Waals surface area contributed by atoms with E-state index in [4.69, 9.17) is 0 Å². The van der Waals surface area contributed by atoms with Gasteiger partial charge in [0, 0.05) is 31.4 Å². The fourth-order valence-electron chi connectivity index (χ4n) is 2.63. The molecule has 5 nitrogen and oxygen atoms in total. The Kier molecular flexibility index (Phi) is 3.98. The number of thiazole rings is 1. The number of carbonyl (C=O) groups is 1. The molecule has 21 heavy (non-hydrogen) atoms. The lowest BCUT2D eigenvalue weighted by molar-refractivity contribution is 0.0678. The molecule has 3 rings (SSSR count). The molecule has 0 aromatic carbocycles. The molecule has 0 aliphatic carbocycles. The van der Waals surface area contributed by atoms with Crippen LogP contribution in [0.15, 0.2) is 30.6 Å². The Morgan fingerprint density at radius 2 is 2.05 bits per heavy atom. The Morgan fingerprint density at radius 1 is 1.29 bits per heavy atom. The highest BCUT2D eigenvalue weighted by Crippen LogP contribution is 2.24. The van der Waals surface area contributed by atoms with Crippen LogP contribution in [0.5, 0.6) is 0 Å². The SMILES string of the molecule is C[C@@H]1CN(C(=O)c2cnc(-c3ccccn3)s2)C[C@@H](C)N1. The van der Waals surface area contributed by atoms with Crippen molar-refractivity contribution in [1.29, 1.82) is 0 Å². The molecule has 1 amide bonds. The number of hydrogen-bond acceptors (Lipinski definition) is 5. The van der Waals surface area contributed by atoms with Gasteiger partial charge in [-0.25, -0.2) is 4.98 Å². The molecule has 2 aromatic heterocycles. The van der Waals surface area contributed by atoms with Gasteiger partial charge in [0.05, 0.1) is 11.9 Å². The topological polar surface area (TPSA) is 58.1 Å². The van der Waals surface area contributed by atoms with E-state index in [1.54, 1.807) is 12.4 Å². The fourth-order valence-corrected chi connectivity index (χ4v) is 3.49. The third-order valence-corrected chi connectivity index (χ3v) is 4.45. The van der Waals surface area contributed by atoms with Gasteiger partial charge in [0.15, 0.2) is 0 Å². The molecule has 2 aromatic rings. The molecule has 2 atom stereocenters. The maximum Gasteiger partial charge on any atom is 0.265 e. The molecule has 1 aliphatic rings. The zero-order chi connectivity index (χ0) is 14.8. The largest absolute Gasteiger partial charge is 0.335 e. The number of rotatable bonds is 2. The first-order chi connectivity index (χ1) is 10.1. The van der Waals surface area contributed by atoms with Gasteiger partial charge < -0.3 is 10.2 Å². The van der Waals surface area contributed by atoms with E-state index in [0.29, 0.717) is 17.0 Å². The van der Waals surface area contributed by atoms with Crippen LogP contribution in [0.2, 0.25) is 0 Å². The van der Waals surface area contributed by atoms with Gasteiger partial charge in [-0.1, -0.05) is 6.07 Å². The van der Waals surface area contributed by atoms with Crippen LogP contribution in [-0.4, -0.2) is 45.9 Å². The summed E-state index contributed by atoms with van der Waals surface area (Å²) in [6.45, 7) is 5.67. The lowest BCUT2D eigenvalue weighted by atomic mass is 10.1. The van der Waals surface area contributed by atoms with Crippen LogP contribution in [-0.2, 0) is 0 Å². The van der Waals surface area contributed by atoms with Crippen LogP contribution in [0.3, 0.4) is 0 Å². The van der Waals surface area contributed by atoms with Crippen LogP contribution in [0.4, 0.5) is 0 Å². The number of pyridine rings is 1. The smallest absolute Gasteiger partial charge is 0.265 e. The van der Waals surface area contributed by atoms with Gasteiger partial charge in [0.25, 0.3) is 5.91 Å². The summed E-state index contributed by atoms with van der Waals surface area (Å²) in [4.78, 5) is 23.8. The minimum absolute atomic E-state index is 0.0647. The number of piperazine rings is 1. The first-order valence-corrected chi connectivity index (χ1v) is 7.87. The van der Waals surface area contributed by atoms with Crippen molar-refractivity contribution in [2.45, 2.75) is 25.9 Å². The molecule has 0 saturated carbocycles. The maximum absolute atomic E-state index is 12.6. The summed E-state index contributed by atoms with van der Waals surface area (Å²) in [6.07, 6.45) is 3.40. The lowest BCUT2D eigenvalue weighted by Gasteiger charge is -2.35. The average Bonchev–Trinajstić information content (AvgIpc) is 2.96. The summed E-state index contributed by atoms with van der Waals surface area (Å²) in [7, 11) is 0. The maximum atomic E-state index is 12.6. The third kappa shape index (κ3) is 3.11. The molecule has 110 valence electrons. The summed E-state index contributed by atoms with van der Waals surface area (Å²) in [5.41, 5.74) is 0.809. The molecule has 6 heteroatoms. The predicted molar refractivity (Wildman–Crippen MR) is 83.3 cm³/mol. The number of aromatic nitrogens is 2. The van der Waals surface area contributed by atoms with Crippen molar-refractivity contribution in [3.63, 3.8) is 0 Å². The highest BCUT2D eigenvalue weighted by atomic mass is 32.1. The van der Waals surface area contributed by atoms with E-state index in [1.165, 1.54) is 11.3 Å². The van der Waals surface area contributed by atoms with E-state index in [1.807, 2.05) is 23.1 Å². The molecule has 0 radical (unpaired) electrons. The van der Waals surface area contributed by atoms with Gasteiger partial charge in [-0.2, -0.15) is 0 Å². The molecule has 3 heterocycles. The second-order valence-corrected chi connectivity index (χ2v) is 6.45. The molecule has 0 bridgehead atoms. The number of nitrogens with zero attached hydrogens (tertiary/aromatic N) is 3. The Morgan fingerprint density at radius 3 is 2.71 bits per heavy atom. The second-order valence-electron chi connectivity index (χ2n) is 5.42. The van der Waals surface area contributed by atoms with Crippen molar-refractivity contribution in [1.82, 2.24) is 20.2 Å². The lowest BCUT2D eigenvalue weighted by Crippen LogP contribution is -2.55. The Labute approximate surface area is 128 Å². The van der Waals surface area contributed by atoms with E-state index in [2.05, 4.69) is 29.1 Å². The number of hydrogen-bond donors (Lipinski definition) is 1. The van der Waals surface area contributed by atoms with Gasteiger partial charge in [0.2, 0.25) is 0 Å². The standard InChI is InChI=1S/C15H18N4OS/c1-10-8-19(9-11(2)18-10)15(20)13-7-17-14(21-13)12-5-3-4-6-16-12/h3-7,10-11,18H,8-9H2,1-2H3/t10-,11-/m1/s1. The summed E-state index contributed by atoms with van der Waals surface area (Å²) in [5.74, 6) is 0.0647. The minimum Gasteiger partial charge on any atom is -0.335 e. The van der Waals surface area contributed by atoms with Crippen LogP contribution < -0.4 is 5.32 Å². The van der Waals surface area contributed by atoms with E-state index < -0.39 is 0 Å². The van der Waals surface area contributed by atoms with Gasteiger partial charge in [0.1, 0.15) is 9.88 Å². The van der Waals surface area contributed by atoms with Crippen LogP contribution in [0.25, 0.3) is 10.7 Å². The van der Waals surface area contributed by atoms with Crippen molar-refractivity contribution >= 4 is 17.2 Å². The van der Waals surface area contributed by atoms with Crippen LogP contribution in [0, 0.1) is 0 Å². The van der Waals surface area contributed by atoms with E-state index in [-0.39, 0.29) is 5.91 Å². The zero-order valence-electron chi connectivity index (χ0n) is 12.1. The van der Waals surface area contributed by atoms with Crippen molar-refractivity contribution in [2.75, 3.05) is 13.1 Å². The van der Waals surface area contributed by atoms with Gasteiger partial charge in [-0.3, -0.25) is 9.78 Å². The van der Waals surface area contributed by atoms with E-state index >= 15 is 0 Å². The van der Waals surface area contributed by atoms with Crippen LogP contribution in [0.1, 0.15) is 23.5 Å². The number of nitrogens with one attached hydrogen (secondary N) is 1. The Hall–Kier alpha value is -1.79. The normalized spacial score (nSPS) is 22.3. The van der Waals surface area contributed by atoms with Gasteiger partial charge >= 0.3 is 0 Å². The molecule has 0 spiro atoms. The first kappa shape index (κ1) is 14.2. The van der Waals surface area contributed by atoms with Crippen molar-refractivity contribution in [3.05, 3.63) is 35.5 Å². The Balaban J connectivity index is 1.78. The van der Waals surface area contributed by atoms with Crippen molar-refractivity contribution < 1.29 is 4.79 Å². The second kappa shape index (κ2) is 5.91. The first-order valence-electron chi connectivity index (χ1n) is 7.06. The molecule has 1 N–H and O–H groups in total. The fraction of sp³-hybridized carbons (Fsp3) is 0.400. The quantitative estimate of drug-likeness (QED) is 0.922. The summed E-state index contributed by atoms with van der Waals surface area (Å²) in [6, 6.07) is 6.33. The summed E-state index contributed by atoms with van der Waals surface area (Å²) in [5, 5.41) is 4.22. The molecule has 1 saturated heterocycles. The van der Waals surface area contributed by atoms with Gasteiger partial charge in [-0.15, -0.1) is 11.3 Å². The van der Waals surface area contributed by atoms with Crippen LogP contribution >= 0.6 is 11.3 Å². The molecule has 0 unspecified atom stereocenters. The highest BCUT2D eigenvalue weighted by molar-refractivity contribution is 7.16. The Bertz CT molecular complexity index is 618. The number of amides is 1. The van der Waals surface area contributed by atoms with Crippen molar-refractivity contribution in [3.8, 4) is 10.7 Å². The molecular formula is C15H18N4OS. The third-order valence-electron chi connectivity index (χ3n) is 3.45. The van der Waals surface area contributed by atoms with Crippen molar-refractivity contribution in [2.24, 2.45) is 0 Å². The zero-order valence-corrected chi connectivity index (χ0v) is 12.9. The van der Waals surface area contributed by atoms with E-state index in [9.17, 15) is 4.79 Å². The molecule has 1 aliphatic heterocycles. The summed E-state index contributed by atoms with van der Waals surface area (Å²) < 4.78 is 0. The average molecular weight is 302 g/mol. The summed E-state index contributed by atoms with van der Waals surface area (Å²) >= 11 is 1.40. The van der Waals surface area contributed by atoms with E-state index in [0.717, 1.165) is 23.8 Å². The van der Waals surface area contributed by atoms with Gasteiger partial charge in [-0.05, 0) is 26.0 Å². The highest BCUT2D eigenvalue weighted by Gasteiger charge is 2.26. The predicted octanol–water partition coefficient (Wildman–Crippen LogP) is 2.03. The molecular weight excluding hydrogens is 284 g/mol. The molecule has 1 fully saturated rings.